The van der Waals surface area contributed by atoms with Gasteiger partial charge in [0.1, 0.15) is 21.2 Å². The summed E-state index contributed by atoms with van der Waals surface area (Å²) >= 11 is 0. The minimum absolute atomic E-state index is 0.0377. The maximum absolute atomic E-state index is 13.6. The van der Waals surface area contributed by atoms with E-state index in [0.29, 0.717) is 12.1 Å². The van der Waals surface area contributed by atoms with Crippen LogP contribution in [-0.2, 0) is 20.2 Å². The molecule has 24 heteroatoms. The lowest BCUT2D eigenvalue weighted by molar-refractivity contribution is -0.275. The van der Waals surface area contributed by atoms with Crippen molar-refractivity contribution in [3.05, 3.63) is 84.9 Å². The van der Waals surface area contributed by atoms with E-state index in [1.807, 2.05) is 0 Å². The van der Waals surface area contributed by atoms with Gasteiger partial charge in [-0.3, -0.25) is 9.11 Å². The number of benzene rings is 6. The third-order valence-electron chi connectivity index (χ3n) is 8.05. The number of nitrogen functional groups attached to an aromatic ring is 2. The summed E-state index contributed by atoms with van der Waals surface area (Å²) in [5.74, 6) is -4.57. The Kier molecular flexibility index (Phi) is 10.3. The van der Waals surface area contributed by atoms with Gasteiger partial charge >= 0.3 is 12.7 Å². The van der Waals surface area contributed by atoms with Crippen LogP contribution in [0.3, 0.4) is 0 Å². The van der Waals surface area contributed by atoms with Crippen molar-refractivity contribution in [2.75, 3.05) is 11.5 Å². The topological polar surface area (TPSA) is 269 Å². The summed E-state index contributed by atoms with van der Waals surface area (Å²) in [6, 6.07) is 15.8. The van der Waals surface area contributed by atoms with E-state index in [2.05, 4.69) is 29.9 Å². The fourth-order valence-electron chi connectivity index (χ4n) is 5.71. The third kappa shape index (κ3) is 8.34. The number of alkyl halides is 6. The standard InChI is InChI=1S/C34H22F6N6O10S2/c35-33(36,37)55-23-13-15(9-11-21(23)43-45-27-25(41)17-5-1-3-7-19(17)31(29(27)47)57(49,50)51)16-10-12-22(24(14-16)56-34(38,39)40)44-46-28-26(42)18-6-2-4-8-20(18)32(30(28)48)58(52,53)54/h1-14,47-48H,41-42H2,(H,49,50,51)(H,52,53,54)/b45-43+,46-44+. The van der Waals surface area contributed by atoms with Crippen LogP contribution in [0.2, 0.25) is 0 Å². The van der Waals surface area contributed by atoms with E-state index in [1.54, 1.807) is 0 Å². The minimum atomic E-state index is -5.38. The van der Waals surface area contributed by atoms with Crippen LogP contribution in [0.5, 0.6) is 23.0 Å². The molecule has 0 heterocycles. The van der Waals surface area contributed by atoms with Crippen molar-refractivity contribution >= 4 is 75.9 Å². The Hall–Kier alpha value is -6.76. The number of ether oxygens (including phenoxy) is 2. The zero-order valence-corrected chi connectivity index (χ0v) is 30.0. The Bertz CT molecular complexity index is 2750. The van der Waals surface area contributed by atoms with E-state index < -0.39 is 88.5 Å². The van der Waals surface area contributed by atoms with Crippen LogP contribution >= 0.6 is 0 Å². The molecule has 0 fully saturated rings. The zero-order chi connectivity index (χ0) is 42.5. The van der Waals surface area contributed by atoms with Crippen molar-refractivity contribution in [1.82, 2.24) is 0 Å². The molecule has 0 amide bonds. The van der Waals surface area contributed by atoms with Crippen LogP contribution in [-0.4, -0.2) is 48.9 Å². The predicted octanol–water partition coefficient (Wildman–Crippen LogP) is 9.36. The number of rotatable bonds is 9. The molecule has 0 aromatic heterocycles. The molecule has 0 radical (unpaired) electrons. The van der Waals surface area contributed by atoms with Crippen molar-refractivity contribution < 1.29 is 72.0 Å². The summed E-state index contributed by atoms with van der Waals surface area (Å²) in [4.78, 5) is -2.04. The highest BCUT2D eigenvalue weighted by Gasteiger charge is 2.34. The second-order valence-electron chi connectivity index (χ2n) is 11.8. The quantitative estimate of drug-likeness (QED) is 0.0344. The Morgan fingerprint density at radius 1 is 0.517 bits per heavy atom. The molecule has 6 rings (SSSR count). The van der Waals surface area contributed by atoms with E-state index in [0.717, 1.165) is 24.3 Å². The summed E-state index contributed by atoms with van der Waals surface area (Å²) in [6.07, 6.45) is -10.8. The van der Waals surface area contributed by atoms with Crippen molar-refractivity contribution in [2.24, 2.45) is 20.5 Å². The summed E-state index contributed by atoms with van der Waals surface area (Å²) in [6.45, 7) is 0. The molecule has 0 saturated carbocycles. The van der Waals surface area contributed by atoms with Crippen molar-refractivity contribution in [3.63, 3.8) is 0 Å². The van der Waals surface area contributed by atoms with Gasteiger partial charge < -0.3 is 31.2 Å². The summed E-state index contributed by atoms with van der Waals surface area (Å²) in [5, 5.41) is 35.5. The van der Waals surface area contributed by atoms with E-state index in [4.69, 9.17) is 11.5 Å². The number of hydrogen-bond donors (Lipinski definition) is 6. The highest BCUT2D eigenvalue weighted by Crippen LogP contribution is 2.49. The number of nitrogens with zero attached hydrogens (tertiary/aromatic N) is 4. The molecule has 16 nitrogen and oxygen atoms in total. The maximum Gasteiger partial charge on any atom is 0.573 e. The Labute approximate surface area is 320 Å². The summed E-state index contributed by atoms with van der Waals surface area (Å²) in [5.41, 5.74) is 7.91. The zero-order valence-electron chi connectivity index (χ0n) is 28.3. The number of phenols is 2. The van der Waals surface area contributed by atoms with Crippen molar-refractivity contribution in [1.29, 1.82) is 0 Å². The Morgan fingerprint density at radius 3 is 1.16 bits per heavy atom. The number of anilines is 2. The van der Waals surface area contributed by atoms with E-state index in [-0.39, 0.29) is 44.0 Å². The van der Waals surface area contributed by atoms with Gasteiger partial charge in [0, 0.05) is 21.5 Å². The van der Waals surface area contributed by atoms with Gasteiger partial charge in [0.25, 0.3) is 20.2 Å². The average Bonchev–Trinajstić information content (AvgIpc) is 3.10. The first-order valence-corrected chi connectivity index (χ1v) is 18.5. The van der Waals surface area contributed by atoms with Gasteiger partial charge in [0.15, 0.2) is 34.4 Å². The molecular weight excluding hydrogens is 831 g/mol. The number of azo groups is 2. The van der Waals surface area contributed by atoms with Crippen molar-refractivity contribution in [2.45, 2.75) is 22.5 Å². The van der Waals surface area contributed by atoms with Gasteiger partial charge in [0.05, 0.1) is 11.4 Å². The molecule has 58 heavy (non-hydrogen) atoms. The second kappa shape index (κ2) is 14.6. The third-order valence-corrected chi connectivity index (χ3v) is 9.91. The second-order valence-corrected chi connectivity index (χ2v) is 14.5. The molecule has 0 unspecified atom stereocenters. The van der Waals surface area contributed by atoms with Gasteiger partial charge in [-0.25, -0.2) is 0 Å². The molecule has 6 aromatic carbocycles. The van der Waals surface area contributed by atoms with Gasteiger partial charge in [-0.15, -0.1) is 46.8 Å². The lowest BCUT2D eigenvalue weighted by Gasteiger charge is -2.15. The predicted molar refractivity (Wildman–Crippen MR) is 193 cm³/mol. The number of phenolic OH excluding ortho intramolecular Hbond substituents is 2. The van der Waals surface area contributed by atoms with Gasteiger partial charge in [-0.05, 0) is 35.4 Å². The molecule has 0 aliphatic carbocycles. The van der Waals surface area contributed by atoms with E-state index in [1.165, 1.54) is 48.5 Å². The Balaban J connectivity index is 1.45. The molecule has 0 aliphatic rings. The number of fused-ring (bicyclic) bond motifs is 2. The molecule has 0 atom stereocenters. The lowest BCUT2D eigenvalue weighted by atomic mass is 10.0. The highest BCUT2D eigenvalue weighted by atomic mass is 32.2. The average molecular weight is 853 g/mol. The molecule has 0 aliphatic heterocycles. The fourth-order valence-corrected chi connectivity index (χ4v) is 7.30. The van der Waals surface area contributed by atoms with Crippen LogP contribution in [0.25, 0.3) is 32.7 Å². The lowest BCUT2D eigenvalue weighted by Crippen LogP contribution is -2.17. The monoisotopic (exact) mass is 852 g/mol. The number of halogens is 6. The largest absolute Gasteiger partial charge is 0.573 e. The molecule has 0 saturated heterocycles. The molecule has 0 spiro atoms. The van der Waals surface area contributed by atoms with Crippen LogP contribution in [0, 0.1) is 0 Å². The minimum Gasteiger partial charge on any atom is -0.504 e. The van der Waals surface area contributed by atoms with E-state index >= 15 is 0 Å². The molecule has 302 valence electrons. The fraction of sp³-hybridized carbons (Fsp3) is 0.0588. The first-order valence-electron chi connectivity index (χ1n) is 15.6. The number of hydrogen-bond acceptors (Lipinski definition) is 14. The van der Waals surface area contributed by atoms with Gasteiger partial charge in [-0.1, -0.05) is 60.7 Å². The Morgan fingerprint density at radius 2 is 0.845 bits per heavy atom. The normalized spacial score (nSPS) is 12.9. The van der Waals surface area contributed by atoms with Crippen LogP contribution in [0.4, 0.5) is 60.5 Å². The van der Waals surface area contributed by atoms with E-state index in [9.17, 15) is 62.5 Å². The first kappa shape index (κ1) is 40.9. The van der Waals surface area contributed by atoms with Crippen LogP contribution in [0.15, 0.2) is 115 Å². The van der Waals surface area contributed by atoms with Crippen LogP contribution < -0.4 is 20.9 Å². The molecule has 6 aromatic rings. The number of nitrogens with two attached hydrogens (primary N) is 2. The summed E-state index contributed by atoms with van der Waals surface area (Å²) in [7, 11) is -10.3. The summed E-state index contributed by atoms with van der Waals surface area (Å²) < 4.78 is 158. The highest BCUT2D eigenvalue weighted by molar-refractivity contribution is 7.86. The maximum atomic E-state index is 13.6. The number of aromatic hydroxyl groups is 2. The smallest absolute Gasteiger partial charge is 0.504 e. The van der Waals surface area contributed by atoms with Gasteiger partial charge in [0.2, 0.25) is 0 Å². The molecule has 8 N–H and O–H groups in total. The molecule has 0 bridgehead atoms. The SMILES string of the molecule is Nc1c(/N=N/c2ccc(-c3ccc(/N=N/c4c(O)c(S(=O)(=O)O)c5ccccc5c4N)c(OC(F)(F)F)c3)cc2OC(F)(F)F)c(O)c(S(=O)(=O)O)c2ccccc12. The van der Waals surface area contributed by atoms with Gasteiger partial charge in [-0.2, -0.15) is 16.8 Å². The molecular formula is C34H22F6N6O10S2. The first-order chi connectivity index (χ1) is 26.9. The van der Waals surface area contributed by atoms with Crippen LogP contribution in [0.1, 0.15) is 0 Å². The van der Waals surface area contributed by atoms with Crippen molar-refractivity contribution in [3.8, 4) is 34.1 Å².